The van der Waals surface area contributed by atoms with E-state index in [9.17, 15) is 9.59 Å². The lowest BCUT2D eigenvalue weighted by atomic mass is 9.68. The van der Waals surface area contributed by atoms with E-state index in [-0.39, 0.29) is 22.9 Å². The number of carbonyl (C=O) groups is 2. The summed E-state index contributed by atoms with van der Waals surface area (Å²) in [6.07, 6.45) is 3.00. The number of ketones is 2. The maximum absolute atomic E-state index is 13.2. The molecule has 2 aliphatic carbocycles. The van der Waals surface area contributed by atoms with Crippen LogP contribution in [0.3, 0.4) is 0 Å². The SMILES string of the molecule is Cc1ccc(NC2=C(C(C)C)C(=O)C(=O)c3c2ccc2c3CCCC2(C)C)cc1. The smallest absolute Gasteiger partial charge is 0.234 e. The van der Waals surface area contributed by atoms with Crippen LogP contribution in [0.25, 0.3) is 5.70 Å². The predicted molar refractivity (Wildman–Crippen MR) is 118 cm³/mol. The lowest BCUT2D eigenvalue weighted by Crippen LogP contribution is -2.33. The van der Waals surface area contributed by atoms with E-state index in [1.807, 2.05) is 44.2 Å². The van der Waals surface area contributed by atoms with E-state index in [0.717, 1.165) is 41.8 Å². The van der Waals surface area contributed by atoms with Crippen molar-refractivity contribution in [2.45, 2.75) is 59.3 Å². The monoisotopic (exact) mass is 387 g/mol. The highest BCUT2D eigenvalue weighted by Crippen LogP contribution is 2.43. The Labute approximate surface area is 173 Å². The van der Waals surface area contributed by atoms with Crippen molar-refractivity contribution in [2.24, 2.45) is 5.92 Å². The Morgan fingerprint density at radius 3 is 2.31 bits per heavy atom. The molecule has 0 atom stereocenters. The summed E-state index contributed by atoms with van der Waals surface area (Å²) in [4.78, 5) is 26.4. The zero-order valence-corrected chi connectivity index (χ0v) is 18.0. The summed E-state index contributed by atoms with van der Waals surface area (Å²) < 4.78 is 0. The van der Waals surface area contributed by atoms with Gasteiger partial charge in [-0.05, 0) is 60.8 Å². The third kappa shape index (κ3) is 3.23. The molecule has 1 N–H and O–H groups in total. The Morgan fingerprint density at radius 1 is 0.966 bits per heavy atom. The van der Waals surface area contributed by atoms with Crippen LogP contribution in [-0.2, 0) is 16.6 Å². The number of fused-ring (bicyclic) bond motifs is 3. The molecule has 0 spiro atoms. The minimum Gasteiger partial charge on any atom is -0.355 e. The molecular weight excluding hydrogens is 358 g/mol. The molecule has 2 aromatic rings. The second-order valence-electron chi connectivity index (χ2n) is 9.34. The normalized spacial score (nSPS) is 18.0. The maximum Gasteiger partial charge on any atom is 0.234 e. The number of hydrogen-bond donors (Lipinski definition) is 1. The van der Waals surface area contributed by atoms with Gasteiger partial charge in [0.2, 0.25) is 11.6 Å². The van der Waals surface area contributed by atoms with Gasteiger partial charge in [0.15, 0.2) is 0 Å². The van der Waals surface area contributed by atoms with Crippen molar-refractivity contribution >= 4 is 23.0 Å². The summed E-state index contributed by atoms with van der Waals surface area (Å²) in [5.41, 5.74) is 7.28. The number of carbonyl (C=O) groups excluding carboxylic acids is 2. The summed E-state index contributed by atoms with van der Waals surface area (Å²) in [7, 11) is 0. The van der Waals surface area contributed by atoms with Crippen LogP contribution < -0.4 is 5.32 Å². The Hall–Kier alpha value is -2.68. The van der Waals surface area contributed by atoms with E-state index in [0.29, 0.717) is 11.1 Å². The third-order valence-electron chi connectivity index (χ3n) is 6.39. The van der Waals surface area contributed by atoms with Gasteiger partial charge in [-0.3, -0.25) is 9.59 Å². The maximum atomic E-state index is 13.2. The number of anilines is 1. The topological polar surface area (TPSA) is 46.2 Å². The molecule has 2 aliphatic rings. The van der Waals surface area contributed by atoms with Crippen LogP contribution >= 0.6 is 0 Å². The Bertz CT molecular complexity index is 1040. The van der Waals surface area contributed by atoms with Crippen molar-refractivity contribution < 1.29 is 9.59 Å². The summed E-state index contributed by atoms with van der Waals surface area (Å²) >= 11 is 0. The summed E-state index contributed by atoms with van der Waals surface area (Å²) in [6, 6.07) is 12.3. The first-order valence-electron chi connectivity index (χ1n) is 10.5. The molecule has 150 valence electrons. The molecule has 0 saturated carbocycles. The van der Waals surface area contributed by atoms with Gasteiger partial charge in [0.05, 0.1) is 5.70 Å². The quantitative estimate of drug-likeness (QED) is 0.672. The van der Waals surface area contributed by atoms with E-state index in [2.05, 4.69) is 32.2 Å². The van der Waals surface area contributed by atoms with Crippen LogP contribution in [-0.4, -0.2) is 11.6 Å². The Balaban J connectivity index is 1.95. The molecular formula is C26H29NO2. The number of allylic oxidation sites excluding steroid dienone is 1. The fourth-order valence-corrected chi connectivity index (χ4v) is 4.81. The minimum absolute atomic E-state index is 0.0263. The molecule has 0 fully saturated rings. The second-order valence-corrected chi connectivity index (χ2v) is 9.34. The molecule has 0 bridgehead atoms. The average Bonchev–Trinajstić information content (AvgIpc) is 2.66. The molecule has 4 rings (SSSR count). The van der Waals surface area contributed by atoms with Gasteiger partial charge in [-0.15, -0.1) is 0 Å². The lowest BCUT2D eigenvalue weighted by Gasteiger charge is -2.36. The zero-order chi connectivity index (χ0) is 20.9. The van der Waals surface area contributed by atoms with Gasteiger partial charge in [0, 0.05) is 22.4 Å². The van der Waals surface area contributed by atoms with Crippen LogP contribution in [0.15, 0.2) is 42.0 Å². The molecule has 29 heavy (non-hydrogen) atoms. The molecule has 0 unspecified atom stereocenters. The van der Waals surface area contributed by atoms with Crippen LogP contribution in [0.4, 0.5) is 5.69 Å². The number of benzene rings is 2. The van der Waals surface area contributed by atoms with Gasteiger partial charge < -0.3 is 5.32 Å². The average molecular weight is 388 g/mol. The number of Topliss-reactive ketones (excluding diaryl/α,β-unsaturated/α-hetero) is 2. The van der Waals surface area contributed by atoms with Crippen molar-refractivity contribution in [3.05, 3.63) is 69.8 Å². The van der Waals surface area contributed by atoms with E-state index >= 15 is 0 Å². The zero-order valence-electron chi connectivity index (χ0n) is 18.0. The fourth-order valence-electron chi connectivity index (χ4n) is 4.81. The van der Waals surface area contributed by atoms with Gasteiger partial charge in [-0.2, -0.15) is 0 Å². The molecule has 0 amide bonds. The minimum atomic E-state index is -0.362. The fraction of sp³-hybridized carbons (Fsp3) is 0.385. The van der Waals surface area contributed by atoms with Crippen molar-refractivity contribution in [2.75, 3.05) is 5.32 Å². The standard InChI is InChI=1S/C26H29NO2/c1-15(2)21-23(27-17-10-8-16(3)9-11-17)19-12-13-20-18(7-6-14-26(20,4)5)22(19)25(29)24(21)28/h8-13,15,27H,6-7,14H2,1-5H3. The van der Waals surface area contributed by atoms with Crippen LogP contribution in [0.2, 0.25) is 0 Å². The molecule has 3 heteroatoms. The summed E-state index contributed by atoms with van der Waals surface area (Å²) in [5, 5.41) is 3.48. The van der Waals surface area contributed by atoms with Crippen molar-refractivity contribution in [1.82, 2.24) is 0 Å². The highest BCUT2D eigenvalue weighted by Gasteiger charge is 2.39. The highest BCUT2D eigenvalue weighted by molar-refractivity contribution is 6.53. The molecule has 0 aliphatic heterocycles. The van der Waals surface area contributed by atoms with E-state index in [1.165, 1.54) is 11.1 Å². The molecule has 0 radical (unpaired) electrons. The van der Waals surface area contributed by atoms with Gasteiger partial charge in [-0.25, -0.2) is 0 Å². The second kappa shape index (κ2) is 6.98. The number of aryl methyl sites for hydroxylation is 1. The first kappa shape index (κ1) is 19.6. The largest absolute Gasteiger partial charge is 0.355 e. The Kier molecular flexibility index (Phi) is 4.72. The number of rotatable bonds is 3. The van der Waals surface area contributed by atoms with Gasteiger partial charge in [0.1, 0.15) is 0 Å². The molecule has 3 nitrogen and oxygen atoms in total. The first-order valence-corrected chi connectivity index (χ1v) is 10.5. The van der Waals surface area contributed by atoms with Gasteiger partial charge >= 0.3 is 0 Å². The number of nitrogens with one attached hydrogen (secondary N) is 1. The van der Waals surface area contributed by atoms with Crippen LogP contribution in [0.1, 0.15) is 73.1 Å². The van der Waals surface area contributed by atoms with Crippen molar-refractivity contribution in [3.63, 3.8) is 0 Å². The van der Waals surface area contributed by atoms with Gasteiger partial charge in [0.25, 0.3) is 0 Å². The molecule has 2 aromatic carbocycles. The summed E-state index contributed by atoms with van der Waals surface area (Å²) in [5.74, 6) is -0.744. The molecule has 0 saturated heterocycles. The van der Waals surface area contributed by atoms with E-state index in [1.54, 1.807) is 0 Å². The first-order chi connectivity index (χ1) is 13.7. The van der Waals surface area contributed by atoms with Crippen molar-refractivity contribution in [3.8, 4) is 0 Å². The number of hydrogen-bond acceptors (Lipinski definition) is 3. The predicted octanol–water partition coefficient (Wildman–Crippen LogP) is 5.85. The highest BCUT2D eigenvalue weighted by atomic mass is 16.2. The van der Waals surface area contributed by atoms with E-state index in [4.69, 9.17) is 0 Å². The third-order valence-corrected chi connectivity index (χ3v) is 6.39. The van der Waals surface area contributed by atoms with Crippen molar-refractivity contribution in [1.29, 1.82) is 0 Å². The summed E-state index contributed by atoms with van der Waals surface area (Å²) in [6.45, 7) is 10.5. The van der Waals surface area contributed by atoms with E-state index < -0.39 is 0 Å². The Morgan fingerprint density at radius 2 is 1.66 bits per heavy atom. The van der Waals surface area contributed by atoms with Gasteiger partial charge in [-0.1, -0.05) is 57.5 Å². The van der Waals surface area contributed by atoms with Crippen LogP contribution in [0, 0.1) is 12.8 Å². The molecule has 0 aromatic heterocycles. The van der Waals surface area contributed by atoms with Crippen LogP contribution in [0.5, 0.6) is 0 Å². The molecule has 0 heterocycles. The lowest BCUT2D eigenvalue weighted by molar-refractivity contribution is -0.112.